The van der Waals surface area contributed by atoms with Crippen LogP contribution in [0, 0.1) is 0 Å². The lowest BCUT2D eigenvalue weighted by atomic mass is 10.2. The lowest BCUT2D eigenvalue weighted by Gasteiger charge is -2.38. The number of nitrogens with zero attached hydrogens (tertiary/aromatic N) is 3. The molecule has 1 saturated heterocycles. The lowest BCUT2D eigenvalue weighted by Crippen LogP contribution is -2.55. The minimum absolute atomic E-state index is 0.0160. The zero-order valence-electron chi connectivity index (χ0n) is 17.1. The number of carbonyl (C=O) groups excluding carboxylic acids is 1. The van der Waals surface area contributed by atoms with E-state index in [0.29, 0.717) is 32.7 Å². The molecule has 156 valence electrons. The van der Waals surface area contributed by atoms with Crippen LogP contribution in [0.15, 0.2) is 60.7 Å². The summed E-state index contributed by atoms with van der Waals surface area (Å²) in [6.07, 6.45) is 0. The van der Waals surface area contributed by atoms with Gasteiger partial charge in [-0.1, -0.05) is 60.7 Å². The number of rotatable bonds is 7. The standard InChI is InChI=1S/C22H29N3O3S/c1-19(22(26)23(2)17-20-9-5-3-6-10-20)24-13-15-25(16-14-24)29(27,28)18-21-11-7-4-8-12-21/h3-12,19H,13-18H2,1-2H3/t19-/m0/s1. The summed E-state index contributed by atoms with van der Waals surface area (Å²) in [5.41, 5.74) is 1.88. The molecule has 0 aromatic heterocycles. The Kier molecular flexibility index (Phi) is 7.05. The highest BCUT2D eigenvalue weighted by molar-refractivity contribution is 7.88. The molecule has 3 rings (SSSR count). The SMILES string of the molecule is C[C@@H](C(=O)N(C)Cc1ccccc1)N1CCN(S(=O)(=O)Cc2ccccc2)CC1. The van der Waals surface area contributed by atoms with Gasteiger partial charge >= 0.3 is 0 Å². The van der Waals surface area contributed by atoms with Gasteiger partial charge in [-0.3, -0.25) is 9.69 Å². The molecular formula is C22H29N3O3S. The van der Waals surface area contributed by atoms with Gasteiger partial charge in [0, 0.05) is 39.8 Å². The second kappa shape index (κ2) is 9.52. The molecule has 1 aliphatic rings. The monoisotopic (exact) mass is 415 g/mol. The van der Waals surface area contributed by atoms with Gasteiger partial charge in [-0.25, -0.2) is 8.42 Å². The van der Waals surface area contributed by atoms with Crippen molar-refractivity contribution in [3.63, 3.8) is 0 Å². The Labute approximate surface area is 173 Å². The molecule has 29 heavy (non-hydrogen) atoms. The number of piperazine rings is 1. The van der Waals surface area contributed by atoms with E-state index in [1.165, 1.54) is 0 Å². The molecule has 0 bridgehead atoms. The molecule has 0 spiro atoms. The molecule has 1 amide bonds. The van der Waals surface area contributed by atoms with Crippen molar-refractivity contribution < 1.29 is 13.2 Å². The number of likely N-dealkylation sites (N-methyl/N-ethyl adjacent to an activating group) is 1. The second-order valence-corrected chi connectivity index (χ2v) is 9.50. The molecule has 0 unspecified atom stereocenters. The van der Waals surface area contributed by atoms with E-state index in [2.05, 4.69) is 4.90 Å². The lowest BCUT2D eigenvalue weighted by molar-refractivity contribution is -0.136. The normalized spacial score (nSPS) is 17.0. The number of hydrogen-bond acceptors (Lipinski definition) is 4. The maximum atomic E-state index is 12.8. The third-order valence-corrected chi connectivity index (χ3v) is 7.25. The van der Waals surface area contributed by atoms with Gasteiger partial charge in [-0.05, 0) is 18.1 Å². The van der Waals surface area contributed by atoms with Crippen LogP contribution in [0.1, 0.15) is 18.1 Å². The van der Waals surface area contributed by atoms with E-state index in [1.54, 1.807) is 9.21 Å². The highest BCUT2D eigenvalue weighted by Crippen LogP contribution is 2.16. The van der Waals surface area contributed by atoms with E-state index in [0.717, 1.165) is 11.1 Å². The van der Waals surface area contributed by atoms with Gasteiger partial charge in [-0.15, -0.1) is 0 Å². The van der Waals surface area contributed by atoms with Crippen LogP contribution in [0.4, 0.5) is 0 Å². The predicted octanol–water partition coefficient (Wildman–Crippen LogP) is 2.18. The molecule has 0 radical (unpaired) electrons. The summed E-state index contributed by atoms with van der Waals surface area (Å²) >= 11 is 0. The zero-order chi connectivity index (χ0) is 20.9. The third kappa shape index (κ3) is 5.65. The van der Waals surface area contributed by atoms with Crippen LogP contribution < -0.4 is 0 Å². The first-order valence-corrected chi connectivity index (χ1v) is 11.5. The first-order chi connectivity index (χ1) is 13.9. The van der Waals surface area contributed by atoms with E-state index in [9.17, 15) is 13.2 Å². The van der Waals surface area contributed by atoms with Crippen molar-refractivity contribution in [2.45, 2.75) is 25.3 Å². The van der Waals surface area contributed by atoms with E-state index in [1.807, 2.05) is 74.6 Å². The molecule has 6 nitrogen and oxygen atoms in total. The van der Waals surface area contributed by atoms with Gasteiger partial charge in [0.2, 0.25) is 15.9 Å². The van der Waals surface area contributed by atoms with Gasteiger partial charge in [0.1, 0.15) is 0 Å². The van der Waals surface area contributed by atoms with Crippen LogP contribution >= 0.6 is 0 Å². The van der Waals surface area contributed by atoms with Gasteiger partial charge < -0.3 is 4.90 Å². The fourth-order valence-electron chi connectivity index (χ4n) is 3.66. The highest BCUT2D eigenvalue weighted by Gasteiger charge is 2.31. The van der Waals surface area contributed by atoms with Crippen LogP contribution in [0.2, 0.25) is 0 Å². The van der Waals surface area contributed by atoms with Crippen LogP contribution in [-0.2, 0) is 27.1 Å². The number of sulfonamides is 1. The van der Waals surface area contributed by atoms with Gasteiger partial charge in [0.05, 0.1) is 11.8 Å². The van der Waals surface area contributed by atoms with E-state index < -0.39 is 10.0 Å². The first kappa shape index (κ1) is 21.5. The molecule has 1 heterocycles. The van der Waals surface area contributed by atoms with Crippen LogP contribution in [0.5, 0.6) is 0 Å². The zero-order valence-corrected chi connectivity index (χ0v) is 17.9. The topological polar surface area (TPSA) is 60.9 Å². The summed E-state index contributed by atoms with van der Waals surface area (Å²) in [7, 11) is -1.54. The summed E-state index contributed by atoms with van der Waals surface area (Å²) in [5, 5.41) is 0. The van der Waals surface area contributed by atoms with Crippen molar-refractivity contribution in [2.75, 3.05) is 33.2 Å². The summed E-state index contributed by atoms with van der Waals surface area (Å²) < 4.78 is 27.0. The van der Waals surface area contributed by atoms with Crippen molar-refractivity contribution in [3.05, 3.63) is 71.8 Å². The Morgan fingerprint density at radius 3 is 2.00 bits per heavy atom. The molecule has 1 aliphatic heterocycles. The summed E-state index contributed by atoms with van der Waals surface area (Å²) in [5.74, 6) is 0.0664. The van der Waals surface area contributed by atoms with Gasteiger partial charge in [0.25, 0.3) is 0 Å². The average molecular weight is 416 g/mol. The van der Waals surface area contributed by atoms with Gasteiger partial charge in [0.15, 0.2) is 0 Å². The molecule has 0 saturated carbocycles. The van der Waals surface area contributed by atoms with Crippen molar-refractivity contribution >= 4 is 15.9 Å². The number of hydrogen-bond donors (Lipinski definition) is 0. The van der Waals surface area contributed by atoms with Crippen molar-refractivity contribution in [2.24, 2.45) is 0 Å². The quantitative estimate of drug-likeness (QED) is 0.696. The van der Waals surface area contributed by atoms with Crippen LogP contribution in [0.25, 0.3) is 0 Å². The summed E-state index contributed by atoms with van der Waals surface area (Å²) in [4.78, 5) is 16.6. The minimum Gasteiger partial charge on any atom is -0.340 e. The Morgan fingerprint density at radius 1 is 0.931 bits per heavy atom. The molecular weight excluding hydrogens is 386 g/mol. The molecule has 0 N–H and O–H groups in total. The molecule has 0 aliphatic carbocycles. The summed E-state index contributed by atoms with van der Waals surface area (Å²) in [6, 6.07) is 18.9. The summed E-state index contributed by atoms with van der Waals surface area (Å²) in [6.45, 7) is 4.40. The highest BCUT2D eigenvalue weighted by atomic mass is 32.2. The second-order valence-electron chi connectivity index (χ2n) is 7.53. The maximum absolute atomic E-state index is 12.8. The number of benzene rings is 2. The third-order valence-electron chi connectivity index (χ3n) is 5.40. The largest absolute Gasteiger partial charge is 0.340 e. The number of amides is 1. The molecule has 7 heteroatoms. The van der Waals surface area contributed by atoms with Crippen molar-refractivity contribution in [1.29, 1.82) is 0 Å². The fraction of sp³-hybridized carbons (Fsp3) is 0.409. The average Bonchev–Trinajstić information content (AvgIpc) is 2.74. The van der Waals surface area contributed by atoms with E-state index >= 15 is 0 Å². The minimum atomic E-state index is -3.35. The van der Waals surface area contributed by atoms with Gasteiger partial charge in [-0.2, -0.15) is 4.31 Å². The van der Waals surface area contributed by atoms with Crippen molar-refractivity contribution in [3.8, 4) is 0 Å². The van der Waals surface area contributed by atoms with Crippen molar-refractivity contribution in [1.82, 2.24) is 14.1 Å². The molecule has 2 aromatic rings. The van der Waals surface area contributed by atoms with E-state index in [-0.39, 0.29) is 17.7 Å². The Balaban J connectivity index is 1.53. The molecule has 1 fully saturated rings. The maximum Gasteiger partial charge on any atom is 0.239 e. The predicted molar refractivity (Wildman–Crippen MR) is 115 cm³/mol. The fourth-order valence-corrected chi connectivity index (χ4v) is 5.17. The Bertz CT molecular complexity index is 895. The van der Waals surface area contributed by atoms with E-state index in [4.69, 9.17) is 0 Å². The smallest absolute Gasteiger partial charge is 0.239 e. The Hall–Kier alpha value is -2.22. The molecule has 2 aromatic carbocycles. The van der Waals surface area contributed by atoms with Crippen LogP contribution in [0.3, 0.4) is 0 Å². The number of carbonyl (C=O) groups is 1. The molecule has 1 atom stereocenters. The van der Waals surface area contributed by atoms with Crippen LogP contribution in [-0.4, -0.2) is 67.7 Å². The Morgan fingerprint density at radius 2 is 1.45 bits per heavy atom. The first-order valence-electron chi connectivity index (χ1n) is 9.91.